The molecule has 1 aliphatic heterocycles. The molecule has 0 saturated heterocycles. The molecule has 0 aromatic heterocycles. The van der Waals surface area contributed by atoms with Crippen LogP contribution >= 0.6 is 11.6 Å². The van der Waals surface area contributed by atoms with Gasteiger partial charge >= 0.3 is 0 Å². The van der Waals surface area contributed by atoms with Gasteiger partial charge in [0.15, 0.2) is 0 Å². The van der Waals surface area contributed by atoms with E-state index in [0.29, 0.717) is 18.7 Å². The highest BCUT2D eigenvalue weighted by Gasteiger charge is 2.36. The number of hydrogen-bond donors (Lipinski definition) is 0. The fraction of sp³-hybridized carbons (Fsp3) is 0.333. The number of unbranched alkanes of at least 4 members (excludes halogenated alkanes) is 1. The van der Waals surface area contributed by atoms with Crippen LogP contribution in [0.25, 0.3) is 0 Å². The van der Waals surface area contributed by atoms with Gasteiger partial charge in [0.05, 0.1) is 16.1 Å². The Labute approximate surface area is 114 Å². The number of alkyl halides is 1. The molecule has 0 bridgehead atoms. The van der Waals surface area contributed by atoms with Crippen LogP contribution in [0.2, 0.25) is 0 Å². The summed E-state index contributed by atoms with van der Waals surface area (Å²) in [4.78, 5) is 35.2. The summed E-state index contributed by atoms with van der Waals surface area (Å²) in [5.74, 6) is -0.406. The number of carbonyl (C=O) groups excluding carboxylic acids is 2. The number of nitro benzene ring substituents is 1. The van der Waals surface area contributed by atoms with Crippen LogP contribution < -0.4 is 0 Å². The maximum atomic E-state index is 12.0. The fourth-order valence-corrected chi connectivity index (χ4v) is 2.15. The van der Waals surface area contributed by atoms with Crippen LogP contribution in [0.5, 0.6) is 0 Å². The monoisotopic (exact) mass is 282 g/mol. The molecule has 6 nitrogen and oxygen atoms in total. The Kier molecular flexibility index (Phi) is 3.80. The molecule has 19 heavy (non-hydrogen) atoms. The molecule has 0 saturated carbocycles. The SMILES string of the molecule is O=C1c2ccc([N+](=O)[O-])cc2C(=O)N1CCCCCl. The summed E-state index contributed by atoms with van der Waals surface area (Å²) in [5.41, 5.74) is 0.133. The summed E-state index contributed by atoms with van der Waals surface area (Å²) in [7, 11) is 0. The molecule has 1 heterocycles. The fourth-order valence-electron chi connectivity index (χ4n) is 1.96. The van der Waals surface area contributed by atoms with E-state index >= 15 is 0 Å². The highest BCUT2D eigenvalue weighted by atomic mass is 35.5. The van der Waals surface area contributed by atoms with E-state index in [4.69, 9.17) is 11.6 Å². The number of nitro groups is 1. The predicted octanol–water partition coefficient (Wildman–Crippen LogP) is 2.21. The van der Waals surface area contributed by atoms with Gasteiger partial charge in [0.1, 0.15) is 0 Å². The third-order valence-corrected chi connectivity index (χ3v) is 3.20. The van der Waals surface area contributed by atoms with E-state index in [1.165, 1.54) is 12.1 Å². The lowest BCUT2D eigenvalue weighted by atomic mass is 10.1. The van der Waals surface area contributed by atoms with Gasteiger partial charge in [-0.3, -0.25) is 24.6 Å². The normalized spacial score (nSPS) is 13.8. The van der Waals surface area contributed by atoms with E-state index in [9.17, 15) is 19.7 Å². The zero-order valence-corrected chi connectivity index (χ0v) is 10.7. The standard InChI is InChI=1S/C12H11ClN2O4/c13-5-1-2-6-14-11(16)9-4-3-8(15(18)19)7-10(9)12(14)17/h3-4,7H,1-2,5-6H2. The number of imide groups is 1. The third-order valence-electron chi connectivity index (χ3n) is 2.93. The van der Waals surface area contributed by atoms with Gasteiger partial charge in [-0.1, -0.05) is 0 Å². The minimum absolute atomic E-state index is 0.102. The Hall–Kier alpha value is -1.95. The van der Waals surface area contributed by atoms with Crippen LogP contribution in [0, 0.1) is 10.1 Å². The number of halogens is 1. The van der Waals surface area contributed by atoms with Crippen LogP contribution in [-0.2, 0) is 0 Å². The molecule has 0 spiro atoms. The van der Waals surface area contributed by atoms with Gasteiger partial charge in [-0.2, -0.15) is 0 Å². The molecule has 0 fully saturated rings. The van der Waals surface area contributed by atoms with Gasteiger partial charge in [0.25, 0.3) is 17.5 Å². The maximum Gasteiger partial charge on any atom is 0.270 e. The first-order valence-electron chi connectivity index (χ1n) is 5.77. The van der Waals surface area contributed by atoms with Crippen molar-refractivity contribution in [2.24, 2.45) is 0 Å². The Morgan fingerprint density at radius 2 is 1.84 bits per heavy atom. The van der Waals surface area contributed by atoms with Crippen molar-refractivity contribution in [3.05, 3.63) is 39.4 Å². The summed E-state index contributed by atoms with van der Waals surface area (Å²) < 4.78 is 0. The first-order chi connectivity index (χ1) is 9.06. The Bertz CT molecular complexity index is 559. The molecule has 0 aliphatic carbocycles. The second-order valence-electron chi connectivity index (χ2n) is 4.15. The Morgan fingerprint density at radius 1 is 1.16 bits per heavy atom. The van der Waals surface area contributed by atoms with Gasteiger partial charge in [0, 0.05) is 24.6 Å². The Morgan fingerprint density at radius 3 is 2.47 bits per heavy atom. The number of fused-ring (bicyclic) bond motifs is 1. The van der Waals surface area contributed by atoms with Gasteiger partial charge in [-0.15, -0.1) is 11.6 Å². The predicted molar refractivity (Wildman–Crippen MR) is 68.4 cm³/mol. The van der Waals surface area contributed by atoms with E-state index < -0.39 is 16.7 Å². The van der Waals surface area contributed by atoms with Crippen molar-refractivity contribution in [3.63, 3.8) is 0 Å². The van der Waals surface area contributed by atoms with Crippen molar-refractivity contribution >= 4 is 29.1 Å². The molecule has 0 atom stereocenters. The molecule has 0 N–H and O–H groups in total. The van der Waals surface area contributed by atoms with Gasteiger partial charge in [-0.25, -0.2) is 0 Å². The average Bonchev–Trinajstić information content (AvgIpc) is 2.63. The minimum Gasteiger partial charge on any atom is -0.274 e. The molecule has 1 aromatic rings. The molecule has 7 heteroatoms. The van der Waals surface area contributed by atoms with Crippen molar-refractivity contribution in [3.8, 4) is 0 Å². The molecular weight excluding hydrogens is 272 g/mol. The van der Waals surface area contributed by atoms with Crippen molar-refractivity contribution in [1.82, 2.24) is 4.90 Å². The summed E-state index contributed by atoms with van der Waals surface area (Å²) in [6, 6.07) is 3.71. The first kappa shape index (κ1) is 13.5. The van der Waals surface area contributed by atoms with E-state index in [-0.39, 0.29) is 23.4 Å². The molecule has 1 aliphatic rings. The van der Waals surface area contributed by atoms with E-state index in [1.807, 2.05) is 0 Å². The van der Waals surface area contributed by atoms with Gasteiger partial charge < -0.3 is 0 Å². The molecule has 2 amide bonds. The molecule has 100 valence electrons. The lowest BCUT2D eigenvalue weighted by Crippen LogP contribution is -2.30. The summed E-state index contributed by atoms with van der Waals surface area (Å²) in [6.45, 7) is 0.285. The van der Waals surface area contributed by atoms with Crippen molar-refractivity contribution in [2.45, 2.75) is 12.8 Å². The maximum absolute atomic E-state index is 12.0. The van der Waals surface area contributed by atoms with Gasteiger partial charge in [0.2, 0.25) is 0 Å². The topological polar surface area (TPSA) is 80.5 Å². The molecule has 0 unspecified atom stereocenters. The zero-order valence-electron chi connectivity index (χ0n) is 9.97. The van der Waals surface area contributed by atoms with Crippen LogP contribution in [0.3, 0.4) is 0 Å². The second kappa shape index (κ2) is 5.36. The van der Waals surface area contributed by atoms with E-state index in [1.54, 1.807) is 0 Å². The number of rotatable bonds is 5. The second-order valence-corrected chi connectivity index (χ2v) is 4.52. The highest BCUT2D eigenvalue weighted by molar-refractivity contribution is 6.21. The molecule has 2 rings (SSSR count). The van der Waals surface area contributed by atoms with Crippen molar-refractivity contribution in [2.75, 3.05) is 12.4 Å². The van der Waals surface area contributed by atoms with Crippen LogP contribution in [0.1, 0.15) is 33.6 Å². The van der Waals surface area contributed by atoms with Crippen molar-refractivity contribution in [1.29, 1.82) is 0 Å². The van der Waals surface area contributed by atoms with E-state index in [2.05, 4.69) is 0 Å². The van der Waals surface area contributed by atoms with Crippen molar-refractivity contribution < 1.29 is 14.5 Å². The van der Waals surface area contributed by atoms with Gasteiger partial charge in [-0.05, 0) is 18.9 Å². The van der Waals surface area contributed by atoms with Crippen LogP contribution in [0.4, 0.5) is 5.69 Å². The average molecular weight is 283 g/mol. The lowest BCUT2D eigenvalue weighted by Gasteiger charge is -2.12. The molecular formula is C12H11ClN2O4. The third kappa shape index (κ3) is 2.44. The Balaban J connectivity index is 2.26. The largest absolute Gasteiger partial charge is 0.274 e. The summed E-state index contributed by atoms with van der Waals surface area (Å²) in [5, 5.41) is 10.7. The quantitative estimate of drug-likeness (QED) is 0.273. The summed E-state index contributed by atoms with van der Waals surface area (Å²) in [6.07, 6.45) is 1.33. The zero-order chi connectivity index (χ0) is 14.0. The van der Waals surface area contributed by atoms with E-state index in [0.717, 1.165) is 11.0 Å². The van der Waals surface area contributed by atoms with Crippen LogP contribution in [0.15, 0.2) is 18.2 Å². The number of carbonyl (C=O) groups is 2. The van der Waals surface area contributed by atoms with Crippen LogP contribution in [-0.4, -0.2) is 34.1 Å². The smallest absolute Gasteiger partial charge is 0.270 e. The number of benzene rings is 1. The molecule has 1 aromatic carbocycles. The lowest BCUT2D eigenvalue weighted by molar-refractivity contribution is -0.384. The summed E-state index contributed by atoms with van der Waals surface area (Å²) >= 11 is 5.54. The highest BCUT2D eigenvalue weighted by Crippen LogP contribution is 2.26. The first-order valence-corrected chi connectivity index (χ1v) is 6.30. The number of amides is 2. The molecule has 0 radical (unpaired) electrons. The number of non-ortho nitro benzene ring substituents is 1. The number of hydrogen-bond acceptors (Lipinski definition) is 4. The number of nitrogens with zero attached hydrogens (tertiary/aromatic N) is 2. The minimum atomic E-state index is -0.589.